The lowest BCUT2D eigenvalue weighted by atomic mass is 10.1. The van der Waals surface area contributed by atoms with Crippen molar-refractivity contribution in [3.63, 3.8) is 0 Å². The van der Waals surface area contributed by atoms with E-state index >= 15 is 0 Å². The van der Waals surface area contributed by atoms with Gasteiger partial charge in [0.05, 0.1) is 23.7 Å². The van der Waals surface area contributed by atoms with Crippen LogP contribution in [0.3, 0.4) is 0 Å². The van der Waals surface area contributed by atoms with E-state index < -0.39 is 5.97 Å². The van der Waals surface area contributed by atoms with E-state index in [-0.39, 0.29) is 35.5 Å². The zero-order valence-electron chi connectivity index (χ0n) is 20.0. The number of rotatable bonds is 9. The molecule has 8 heteroatoms. The van der Waals surface area contributed by atoms with Crippen molar-refractivity contribution in [2.24, 2.45) is 0 Å². The summed E-state index contributed by atoms with van der Waals surface area (Å²) in [5, 5.41) is 11.9. The molecule has 2 N–H and O–H groups in total. The van der Waals surface area contributed by atoms with Gasteiger partial charge in [0.2, 0.25) is 11.8 Å². The van der Waals surface area contributed by atoms with Crippen LogP contribution < -0.4 is 14.8 Å². The quantitative estimate of drug-likeness (QED) is 0.450. The van der Waals surface area contributed by atoms with Crippen LogP contribution in [0.4, 0.5) is 5.69 Å². The van der Waals surface area contributed by atoms with Crippen molar-refractivity contribution in [2.45, 2.75) is 32.2 Å². The van der Waals surface area contributed by atoms with Gasteiger partial charge in [0.25, 0.3) is 0 Å². The summed E-state index contributed by atoms with van der Waals surface area (Å²) < 4.78 is 11.8. The number of nitrogens with one attached hydrogen (secondary N) is 1. The lowest BCUT2D eigenvalue weighted by Gasteiger charge is -2.23. The summed E-state index contributed by atoms with van der Waals surface area (Å²) in [5.41, 5.74) is 1.08. The van der Waals surface area contributed by atoms with Crippen LogP contribution in [0.15, 0.2) is 72.8 Å². The second-order valence-corrected chi connectivity index (χ2v) is 8.61. The molecule has 186 valence electrons. The Hall–Kier alpha value is -4.33. The number of ether oxygens (including phenoxy) is 2. The van der Waals surface area contributed by atoms with Crippen LogP contribution in [0.25, 0.3) is 0 Å². The highest BCUT2D eigenvalue weighted by atomic mass is 16.5. The van der Waals surface area contributed by atoms with Crippen LogP contribution in [-0.2, 0) is 16.0 Å². The molecule has 0 spiro atoms. The van der Waals surface area contributed by atoms with Crippen LogP contribution in [0.1, 0.15) is 35.7 Å². The topological polar surface area (TPSA) is 105 Å². The van der Waals surface area contributed by atoms with E-state index in [4.69, 9.17) is 9.47 Å². The smallest absolute Gasteiger partial charge is 0.337 e. The third-order valence-electron chi connectivity index (χ3n) is 6.00. The number of benzene rings is 3. The van der Waals surface area contributed by atoms with Gasteiger partial charge in [0.1, 0.15) is 23.9 Å². The molecule has 2 amide bonds. The number of carbonyl (C=O) groups excluding carboxylic acids is 2. The van der Waals surface area contributed by atoms with Gasteiger partial charge in [-0.25, -0.2) is 4.79 Å². The van der Waals surface area contributed by atoms with Crippen molar-refractivity contribution in [1.82, 2.24) is 4.90 Å². The minimum Gasteiger partial charge on any atom is -0.491 e. The first-order valence-corrected chi connectivity index (χ1v) is 11.8. The molecule has 36 heavy (non-hydrogen) atoms. The molecule has 1 saturated heterocycles. The van der Waals surface area contributed by atoms with E-state index in [1.165, 1.54) is 6.07 Å². The summed E-state index contributed by atoms with van der Waals surface area (Å²) in [6, 6.07) is 20.8. The number of para-hydroxylation sites is 1. The number of hydrogen-bond acceptors (Lipinski definition) is 5. The van der Waals surface area contributed by atoms with Crippen LogP contribution in [0.5, 0.6) is 17.2 Å². The third-order valence-corrected chi connectivity index (χ3v) is 6.00. The largest absolute Gasteiger partial charge is 0.491 e. The number of amides is 2. The summed E-state index contributed by atoms with van der Waals surface area (Å²) in [5.74, 6) is 0.650. The maximum Gasteiger partial charge on any atom is 0.337 e. The molecule has 0 saturated carbocycles. The monoisotopic (exact) mass is 488 g/mol. The Morgan fingerprint density at radius 3 is 2.25 bits per heavy atom. The molecule has 1 aliphatic heterocycles. The van der Waals surface area contributed by atoms with Crippen molar-refractivity contribution in [1.29, 1.82) is 0 Å². The Morgan fingerprint density at radius 1 is 0.944 bits per heavy atom. The van der Waals surface area contributed by atoms with Gasteiger partial charge in [-0.15, -0.1) is 0 Å². The number of carboxylic acid groups (broad SMARTS) is 1. The molecule has 1 fully saturated rings. The fourth-order valence-electron chi connectivity index (χ4n) is 4.19. The maximum atomic E-state index is 12.4. The first kappa shape index (κ1) is 24.8. The number of likely N-dealkylation sites (tertiary alicyclic amines) is 1. The third kappa shape index (κ3) is 6.41. The number of carbonyl (C=O) groups is 3. The van der Waals surface area contributed by atoms with Gasteiger partial charge in [-0.05, 0) is 66.9 Å². The number of aromatic carboxylic acids is 1. The molecule has 1 heterocycles. The fraction of sp³-hybridized carbons (Fsp3) is 0.250. The van der Waals surface area contributed by atoms with Gasteiger partial charge in [-0.1, -0.05) is 24.3 Å². The van der Waals surface area contributed by atoms with Crippen LogP contribution >= 0.6 is 0 Å². The summed E-state index contributed by atoms with van der Waals surface area (Å²) in [6.45, 7) is 2.85. The van der Waals surface area contributed by atoms with E-state index in [1.807, 2.05) is 29.2 Å². The van der Waals surface area contributed by atoms with Crippen LogP contribution in [0, 0.1) is 0 Å². The van der Waals surface area contributed by atoms with Gasteiger partial charge < -0.3 is 24.8 Å². The second kappa shape index (κ2) is 11.4. The van der Waals surface area contributed by atoms with Crippen molar-refractivity contribution < 1.29 is 29.0 Å². The van der Waals surface area contributed by atoms with Crippen molar-refractivity contribution >= 4 is 23.5 Å². The van der Waals surface area contributed by atoms with E-state index in [0.717, 1.165) is 24.9 Å². The molecule has 4 rings (SSSR count). The van der Waals surface area contributed by atoms with Crippen LogP contribution in [-0.4, -0.2) is 47.0 Å². The molecule has 3 aromatic carbocycles. The van der Waals surface area contributed by atoms with Gasteiger partial charge >= 0.3 is 5.97 Å². The molecule has 0 unspecified atom stereocenters. The molecule has 0 bridgehead atoms. The van der Waals surface area contributed by atoms with Gasteiger partial charge in [0, 0.05) is 13.5 Å². The normalized spacial score (nSPS) is 14.8. The highest BCUT2D eigenvalue weighted by Gasteiger charge is 2.26. The second-order valence-electron chi connectivity index (χ2n) is 8.61. The standard InChI is InChI=1S/C28H28N2O6/c1-19(31)30-16-4-5-21(30)18-35-22-12-14-24(15-13-22)36-23-10-8-20(9-11-23)17-27(32)29-26-7-3-2-6-25(26)28(33)34/h2-3,6-15,21H,4-5,16-18H2,1H3,(H,29,32)(H,33,34)/t21-/m0/s1. The predicted molar refractivity (Wildman–Crippen MR) is 135 cm³/mol. The number of nitrogens with zero attached hydrogens (tertiary/aromatic N) is 1. The number of hydrogen-bond donors (Lipinski definition) is 2. The zero-order valence-corrected chi connectivity index (χ0v) is 20.0. The van der Waals surface area contributed by atoms with Crippen molar-refractivity contribution in [3.8, 4) is 17.2 Å². The minimum absolute atomic E-state index is 0.0441. The SMILES string of the molecule is CC(=O)N1CCC[C@H]1COc1ccc(Oc2ccc(CC(=O)Nc3ccccc3C(=O)O)cc2)cc1. The van der Waals surface area contributed by atoms with Crippen LogP contribution in [0.2, 0.25) is 0 Å². The number of carboxylic acids is 1. The Labute approximate surface area is 209 Å². The lowest BCUT2D eigenvalue weighted by molar-refractivity contribution is -0.130. The summed E-state index contributed by atoms with van der Waals surface area (Å²) in [6.07, 6.45) is 2.05. The Bertz CT molecular complexity index is 1220. The highest BCUT2D eigenvalue weighted by molar-refractivity contribution is 6.01. The molecular weight excluding hydrogens is 460 g/mol. The predicted octanol–water partition coefficient (Wildman–Crippen LogP) is 4.75. The fourth-order valence-corrected chi connectivity index (χ4v) is 4.19. The average Bonchev–Trinajstić information content (AvgIpc) is 3.34. The molecule has 0 aromatic heterocycles. The van der Waals surface area contributed by atoms with E-state index in [1.54, 1.807) is 49.4 Å². The highest BCUT2D eigenvalue weighted by Crippen LogP contribution is 2.25. The van der Waals surface area contributed by atoms with Crippen molar-refractivity contribution in [3.05, 3.63) is 83.9 Å². The minimum atomic E-state index is -1.10. The molecule has 0 radical (unpaired) electrons. The number of anilines is 1. The van der Waals surface area contributed by atoms with E-state index in [9.17, 15) is 19.5 Å². The molecule has 8 nitrogen and oxygen atoms in total. The first-order valence-electron chi connectivity index (χ1n) is 11.8. The van der Waals surface area contributed by atoms with Gasteiger partial charge in [0.15, 0.2) is 0 Å². The Morgan fingerprint density at radius 2 is 1.58 bits per heavy atom. The van der Waals surface area contributed by atoms with Gasteiger partial charge in [-0.3, -0.25) is 9.59 Å². The molecule has 1 atom stereocenters. The lowest BCUT2D eigenvalue weighted by Crippen LogP contribution is -2.37. The maximum absolute atomic E-state index is 12.4. The Balaban J connectivity index is 1.27. The molecular formula is C28H28N2O6. The average molecular weight is 489 g/mol. The first-order chi connectivity index (χ1) is 17.4. The molecule has 3 aromatic rings. The van der Waals surface area contributed by atoms with Crippen molar-refractivity contribution in [2.75, 3.05) is 18.5 Å². The summed E-state index contributed by atoms with van der Waals surface area (Å²) in [4.78, 5) is 37.2. The van der Waals surface area contributed by atoms with Gasteiger partial charge in [-0.2, -0.15) is 0 Å². The summed E-state index contributed by atoms with van der Waals surface area (Å²) in [7, 11) is 0. The Kier molecular flexibility index (Phi) is 7.85. The summed E-state index contributed by atoms with van der Waals surface area (Å²) >= 11 is 0. The van der Waals surface area contributed by atoms with E-state index in [2.05, 4.69) is 5.32 Å². The molecule has 0 aliphatic carbocycles. The molecule has 1 aliphatic rings. The van der Waals surface area contributed by atoms with E-state index in [0.29, 0.717) is 23.9 Å². The zero-order chi connectivity index (χ0) is 25.5.